The van der Waals surface area contributed by atoms with Crippen LogP contribution in [-0.2, 0) is 4.79 Å². The van der Waals surface area contributed by atoms with Crippen molar-refractivity contribution in [3.8, 4) is 5.75 Å². The SMILES string of the molecule is COc1ccc(N2CC(C(=O)[O-])C2)cc1.[K+]. The molecule has 5 heteroatoms. The van der Waals surface area contributed by atoms with Gasteiger partial charge in [0.2, 0.25) is 0 Å². The Morgan fingerprint density at radius 1 is 1.38 bits per heavy atom. The van der Waals surface area contributed by atoms with Gasteiger partial charge in [0, 0.05) is 30.7 Å². The number of ether oxygens (including phenoxy) is 1. The minimum Gasteiger partial charge on any atom is -0.550 e. The first kappa shape index (κ1) is 14.0. The molecule has 1 aliphatic rings. The Hall–Kier alpha value is -0.0736. The molecule has 0 bridgehead atoms. The predicted molar refractivity (Wildman–Crippen MR) is 53.7 cm³/mol. The van der Waals surface area contributed by atoms with E-state index in [1.807, 2.05) is 29.2 Å². The summed E-state index contributed by atoms with van der Waals surface area (Å²) in [5, 5.41) is 10.5. The van der Waals surface area contributed by atoms with Gasteiger partial charge in [0.05, 0.1) is 7.11 Å². The van der Waals surface area contributed by atoms with Crippen molar-refractivity contribution in [3.63, 3.8) is 0 Å². The maximum atomic E-state index is 10.5. The number of hydrogen-bond donors (Lipinski definition) is 0. The average Bonchev–Trinajstić information content (AvgIpc) is 2.16. The van der Waals surface area contributed by atoms with Crippen molar-refractivity contribution in [2.45, 2.75) is 0 Å². The van der Waals surface area contributed by atoms with Crippen LogP contribution < -0.4 is 66.1 Å². The predicted octanol–water partition coefficient (Wildman–Crippen LogP) is -3.11. The molecule has 0 aromatic heterocycles. The Morgan fingerprint density at radius 3 is 2.38 bits per heavy atom. The van der Waals surface area contributed by atoms with Gasteiger partial charge in [0.25, 0.3) is 0 Å². The van der Waals surface area contributed by atoms with Crippen molar-refractivity contribution < 1.29 is 66.0 Å². The molecule has 2 rings (SSSR count). The molecular weight excluding hydrogens is 233 g/mol. The van der Waals surface area contributed by atoms with Crippen LogP contribution >= 0.6 is 0 Å². The van der Waals surface area contributed by atoms with Crippen LogP contribution in [0.15, 0.2) is 24.3 Å². The summed E-state index contributed by atoms with van der Waals surface area (Å²) in [7, 11) is 1.62. The van der Waals surface area contributed by atoms with Crippen LogP contribution in [0.25, 0.3) is 0 Å². The van der Waals surface area contributed by atoms with Gasteiger partial charge in [-0.25, -0.2) is 0 Å². The Bertz CT molecular complexity index is 360. The van der Waals surface area contributed by atoms with Crippen LogP contribution in [0.3, 0.4) is 0 Å². The minimum atomic E-state index is -0.959. The number of carboxylic acids is 1. The van der Waals surface area contributed by atoms with E-state index in [2.05, 4.69) is 0 Å². The molecule has 0 atom stereocenters. The quantitative estimate of drug-likeness (QED) is 0.529. The molecule has 16 heavy (non-hydrogen) atoms. The normalized spacial score (nSPS) is 14.9. The summed E-state index contributed by atoms with van der Waals surface area (Å²) in [6.07, 6.45) is 0. The monoisotopic (exact) mass is 245 g/mol. The molecule has 1 heterocycles. The molecule has 0 saturated carbocycles. The number of carbonyl (C=O) groups excluding carboxylic acids is 1. The molecule has 80 valence electrons. The van der Waals surface area contributed by atoms with Gasteiger partial charge in [-0.1, -0.05) is 0 Å². The molecule has 0 unspecified atom stereocenters. The summed E-state index contributed by atoms with van der Waals surface area (Å²) >= 11 is 0. The average molecular weight is 245 g/mol. The maximum absolute atomic E-state index is 10.5. The molecule has 0 N–H and O–H groups in total. The van der Waals surface area contributed by atoms with E-state index in [-0.39, 0.29) is 57.3 Å². The second-order valence-electron chi connectivity index (χ2n) is 3.62. The summed E-state index contributed by atoms with van der Waals surface area (Å²) in [6.45, 7) is 1.07. The first-order valence-electron chi connectivity index (χ1n) is 4.80. The summed E-state index contributed by atoms with van der Waals surface area (Å²) in [5.41, 5.74) is 1.02. The largest absolute Gasteiger partial charge is 1.00 e. The van der Waals surface area contributed by atoms with E-state index in [1.54, 1.807) is 7.11 Å². The van der Waals surface area contributed by atoms with Gasteiger partial charge in [-0.15, -0.1) is 0 Å². The Balaban J connectivity index is 0.00000128. The van der Waals surface area contributed by atoms with Gasteiger partial charge in [0.1, 0.15) is 5.75 Å². The van der Waals surface area contributed by atoms with Crippen molar-refractivity contribution in [2.24, 2.45) is 5.92 Å². The number of carboxylic acid groups (broad SMARTS) is 1. The number of carbonyl (C=O) groups is 1. The number of benzene rings is 1. The fourth-order valence-electron chi connectivity index (χ4n) is 1.63. The third-order valence-electron chi connectivity index (χ3n) is 2.65. The fraction of sp³-hybridized carbons (Fsp3) is 0.364. The van der Waals surface area contributed by atoms with E-state index < -0.39 is 5.97 Å². The number of aliphatic carboxylic acids is 1. The Kier molecular flexibility index (Phi) is 5.26. The fourth-order valence-corrected chi connectivity index (χ4v) is 1.63. The summed E-state index contributed by atoms with van der Waals surface area (Å²) in [5.74, 6) is -0.484. The van der Waals surface area contributed by atoms with Gasteiger partial charge in [-0.3, -0.25) is 0 Å². The molecule has 0 aliphatic carbocycles. The number of anilines is 1. The third-order valence-corrected chi connectivity index (χ3v) is 2.65. The summed E-state index contributed by atoms with van der Waals surface area (Å²) < 4.78 is 5.04. The molecular formula is C11H12KNO3. The maximum Gasteiger partial charge on any atom is 1.00 e. The minimum absolute atomic E-state index is 0. The van der Waals surface area contributed by atoms with Gasteiger partial charge in [-0.05, 0) is 24.3 Å². The second kappa shape index (κ2) is 6.02. The zero-order valence-corrected chi connectivity index (χ0v) is 12.6. The van der Waals surface area contributed by atoms with E-state index in [1.165, 1.54) is 0 Å². The van der Waals surface area contributed by atoms with Gasteiger partial charge in [0.15, 0.2) is 0 Å². The zero-order chi connectivity index (χ0) is 10.8. The topological polar surface area (TPSA) is 52.6 Å². The molecule has 0 spiro atoms. The van der Waals surface area contributed by atoms with E-state index in [4.69, 9.17) is 4.74 Å². The molecule has 4 nitrogen and oxygen atoms in total. The van der Waals surface area contributed by atoms with Crippen LogP contribution in [-0.4, -0.2) is 26.2 Å². The first-order chi connectivity index (χ1) is 7.20. The molecule has 1 fully saturated rings. The molecule has 1 aromatic rings. The van der Waals surface area contributed by atoms with Gasteiger partial charge >= 0.3 is 51.4 Å². The second-order valence-corrected chi connectivity index (χ2v) is 3.62. The first-order valence-corrected chi connectivity index (χ1v) is 4.80. The van der Waals surface area contributed by atoms with Crippen molar-refractivity contribution in [2.75, 3.05) is 25.1 Å². The van der Waals surface area contributed by atoms with Crippen molar-refractivity contribution in [3.05, 3.63) is 24.3 Å². The van der Waals surface area contributed by atoms with E-state index in [0.29, 0.717) is 13.1 Å². The van der Waals surface area contributed by atoms with Gasteiger partial charge < -0.3 is 19.5 Å². The van der Waals surface area contributed by atoms with E-state index in [0.717, 1.165) is 11.4 Å². The standard InChI is InChI=1S/C11H13NO3.K/c1-15-10-4-2-9(3-5-10)12-6-8(7-12)11(13)14;/h2-5,8H,6-7H2,1H3,(H,13,14);/q;+1/p-1. The van der Waals surface area contributed by atoms with Crippen LogP contribution in [0.1, 0.15) is 0 Å². The van der Waals surface area contributed by atoms with E-state index in [9.17, 15) is 9.90 Å². The Morgan fingerprint density at radius 2 is 1.94 bits per heavy atom. The zero-order valence-electron chi connectivity index (χ0n) is 9.47. The molecule has 1 saturated heterocycles. The van der Waals surface area contributed by atoms with Crippen LogP contribution in [0, 0.1) is 5.92 Å². The summed E-state index contributed by atoms with van der Waals surface area (Å²) in [6, 6.07) is 7.57. The number of methoxy groups -OCH3 is 1. The molecule has 0 radical (unpaired) electrons. The van der Waals surface area contributed by atoms with Crippen LogP contribution in [0.2, 0.25) is 0 Å². The van der Waals surface area contributed by atoms with E-state index >= 15 is 0 Å². The van der Waals surface area contributed by atoms with Crippen LogP contribution in [0.5, 0.6) is 5.75 Å². The summed E-state index contributed by atoms with van der Waals surface area (Å²) in [4.78, 5) is 12.5. The molecule has 1 aliphatic heterocycles. The number of rotatable bonds is 3. The third kappa shape index (κ3) is 2.98. The van der Waals surface area contributed by atoms with Crippen molar-refractivity contribution in [1.29, 1.82) is 0 Å². The van der Waals surface area contributed by atoms with Gasteiger partial charge in [-0.2, -0.15) is 0 Å². The molecule has 0 amide bonds. The number of hydrogen-bond acceptors (Lipinski definition) is 4. The van der Waals surface area contributed by atoms with Crippen LogP contribution in [0.4, 0.5) is 5.69 Å². The number of nitrogens with zero attached hydrogens (tertiary/aromatic N) is 1. The Labute approximate surface area is 137 Å². The smallest absolute Gasteiger partial charge is 0.550 e. The van der Waals surface area contributed by atoms with Crippen molar-refractivity contribution in [1.82, 2.24) is 0 Å². The van der Waals surface area contributed by atoms with Crippen molar-refractivity contribution >= 4 is 11.7 Å². The molecule has 1 aromatic carbocycles.